The van der Waals surface area contributed by atoms with Crippen LogP contribution in [0.5, 0.6) is 0 Å². The van der Waals surface area contributed by atoms with Crippen LogP contribution in [-0.2, 0) is 4.79 Å². The Bertz CT molecular complexity index is 670. The number of hydrogen-bond donors (Lipinski definition) is 3. The summed E-state index contributed by atoms with van der Waals surface area (Å²) in [6.45, 7) is 2.30. The van der Waals surface area contributed by atoms with Crippen molar-refractivity contribution in [2.75, 3.05) is 25.5 Å². The van der Waals surface area contributed by atoms with Crippen LogP contribution >= 0.6 is 0 Å². The summed E-state index contributed by atoms with van der Waals surface area (Å²) in [4.78, 5) is 27.8. The number of carbonyl (C=O) groups is 2. The zero-order valence-electron chi connectivity index (χ0n) is 12.1. The van der Waals surface area contributed by atoms with Crippen LogP contribution in [0.3, 0.4) is 0 Å². The lowest BCUT2D eigenvalue weighted by Crippen LogP contribution is -2.37. The summed E-state index contributed by atoms with van der Waals surface area (Å²) in [5.74, 6) is -0.594. The van der Waals surface area contributed by atoms with Crippen molar-refractivity contribution in [1.29, 1.82) is 0 Å². The van der Waals surface area contributed by atoms with Gasteiger partial charge in [0.25, 0.3) is 5.91 Å². The molecule has 0 unspecified atom stereocenters. The Kier molecular flexibility index (Phi) is 4.71. The number of amides is 2. The van der Waals surface area contributed by atoms with E-state index in [0.29, 0.717) is 6.54 Å². The quantitative estimate of drug-likeness (QED) is 0.770. The number of rotatable bonds is 5. The largest absolute Gasteiger partial charge is 0.388 e. The van der Waals surface area contributed by atoms with Crippen LogP contribution in [0.25, 0.3) is 10.9 Å². The minimum atomic E-state index is -0.372. The Labute approximate surface area is 122 Å². The predicted octanol–water partition coefficient (Wildman–Crippen LogP) is 1.14. The summed E-state index contributed by atoms with van der Waals surface area (Å²) in [5.41, 5.74) is 1.83. The number of aromatic nitrogens is 1. The molecule has 0 aliphatic rings. The van der Waals surface area contributed by atoms with Gasteiger partial charge in [0.2, 0.25) is 5.91 Å². The molecule has 0 aliphatic carbocycles. The summed E-state index contributed by atoms with van der Waals surface area (Å²) in [6.07, 6.45) is 0. The second kappa shape index (κ2) is 6.69. The van der Waals surface area contributed by atoms with Gasteiger partial charge in [-0.2, -0.15) is 0 Å². The average molecular weight is 286 g/mol. The van der Waals surface area contributed by atoms with E-state index >= 15 is 0 Å². The van der Waals surface area contributed by atoms with E-state index in [1.54, 1.807) is 13.1 Å². The van der Waals surface area contributed by atoms with Gasteiger partial charge in [0, 0.05) is 24.7 Å². The van der Waals surface area contributed by atoms with Crippen molar-refractivity contribution >= 4 is 28.4 Å². The van der Waals surface area contributed by atoms with E-state index in [1.165, 1.54) is 0 Å². The van der Waals surface area contributed by atoms with E-state index in [2.05, 4.69) is 20.9 Å². The Balaban J connectivity index is 2.21. The highest BCUT2D eigenvalue weighted by atomic mass is 16.2. The Morgan fingerprint density at radius 3 is 2.67 bits per heavy atom. The molecule has 1 heterocycles. The van der Waals surface area contributed by atoms with Crippen LogP contribution in [-0.4, -0.2) is 36.9 Å². The zero-order chi connectivity index (χ0) is 15.2. The number of para-hydroxylation sites is 1. The fraction of sp³-hybridized carbons (Fsp3) is 0.267. The summed E-state index contributed by atoms with van der Waals surface area (Å²) >= 11 is 0. The minimum Gasteiger partial charge on any atom is -0.388 e. The van der Waals surface area contributed by atoms with Crippen LogP contribution in [0.4, 0.5) is 5.69 Å². The zero-order valence-corrected chi connectivity index (χ0v) is 12.1. The van der Waals surface area contributed by atoms with Crippen LogP contribution in [0, 0.1) is 0 Å². The average Bonchev–Trinajstić information content (AvgIpc) is 2.51. The number of likely N-dealkylation sites (N-methyl/N-ethyl adjacent to an activating group) is 1. The summed E-state index contributed by atoms with van der Waals surface area (Å²) in [5, 5.41) is 9.17. The number of anilines is 1. The molecule has 3 N–H and O–H groups in total. The smallest absolute Gasteiger partial charge is 0.270 e. The number of nitrogens with one attached hydrogen (secondary N) is 3. The first-order chi connectivity index (χ1) is 10.2. The molecule has 2 amide bonds. The lowest BCUT2D eigenvalue weighted by atomic mass is 10.1. The second-order valence-electron chi connectivity index (χ2n) is 4.46. The molecule has 0 atom stereocenters. The van der Waals surface area contributed by atoms with Crippen LogP contribution < -0.4 is 16.0 Å². The SMILES string of the molecule is CCNC(=O)CNC(=O)c1cc(NC)c2ccccc2n1. The Morgan fingerprint density at radius 1 is 1.19 bits per heavy atom. The molecule has 2 aromatic rings. The molecule has 2 rings (SSSR count). The maximum Gasteiger partial charge on any atom is 0.270 e. The summed E-state index contributed by atoms with van der Waals surface area (Å²) in [7, 11) is 1.79. The molecule has 0 saturated heterocycles. The molecule has 0 radical (unpaired) electrons. The van der Waals surface area contributed by atoms with E-state index in [-0.39, 0.29) is 24.1 Å². The monoisotopic (exact) mass is 286 g/mol. The fourth-order valence-corrected chi connectivity index (χ4v) is 2.01. The molecule has 0 fully saturated rings. The van der Waals surface area contributed by atoms with Crippen molar-refractivity contribution in [3.05, 3.63) is 36.0 Å². The number of fused-ring (bicyclic) bond motifs is 1. The van der Waals surface area contributed by atoms with E-state index < -0.39 is 0 Å². The summed E-state index contributed by atoms with van der Waals surface area (Å²) in [6, 6.07) is 9.24. The van der Waals surface area contributed by atoms with Gasteiger partial charge >= 0.3 is 0 Å². The van der Waals surface area contributed by atoms with E-state index in [1.807, 2.05) is 31.2 Å². The number of hydrogen-bond acceptors (Lipinski definition) is 4. The van der Waals surface area contributed by atoms with Crippen molar-refractivity contribution < 1.29 is 9.59 Å². The molecule has 0 spiro atoms. The highest BCUT2D eigenvalue weighted by Gasteiger charge is 2.12. The number of carbonyl (C=O) groups excluding carboxylic acids is 2. The first kappa shape index (κ1) is 14.8. The number of pyridine rings is 1. The molecule has 0 saturated carbocycles. The molecule has 110 valence electrons. The van der Waals surface area contributed by atoms with Gasteiger partial charge in [0.05, 0.1) is 12.1 Å². The third kappa shape index (κ3) is 3.47. The van der Waals surface area contributed by atoms with Crippen molar-refractivity contribution in [2.24, 2.45) is 0 Å². The Morgan fingerprint density at radius 2 is 1.95 bits per heavy atom. The highest BCUT2D eigenvalue weighted by Crippen LogP contribution is 2.22. The van der Waals surface area contributed by atoms with Crippen LogP contribution in [0.15, 0.2) is 30.3 Å². The number of benzene rings is 1. The van der Waals surface area contributed by atoms with Crippen molar-refractivity contribution in [1.82, 2.24) is 15.6 Å². The minimum absolute atomic E-state index is 0.0595. The second-order valence-corrected chi connectivity index (χ2v) is 4.46. The maximum atomic E-state index is 12.1. The third-order valence-corrected chi connectivity index (χ3v) is 3.00. The molecular weight excluding hydrogens is 268 g/mol. The number of nitrogens with zero attached hydrogens (tertiary/aromatic N) is 1. The highest BCUT2D eigenvalue weighted by molar-refractivity contribution is 6.00. The van der Waals surface area contributed by atoms with Crippen LogP contribution in [0.2, 0.25) is 0 Å². The van der Waals surface area contributed by atoms with E-state index in [4.69, 9.17) is 0 Å². The normalized spacial score (nSPS) is 10.2. The fourth-order valence-electron chi connectivity index (χ4n) is 2.01. The molecule has 0 bridgehead atoms. The topological polar surface area (TPSA) is 83.1 Å². The van der Waals surface area contributed by atoms with Gasteiger partial charge < -0.3 is 16.0 Å². The third-order valence-electron chi connectivity index (χ3n) is 3.00. The molecule has 0 aliphatic heterocycles. The van der Waals surface area contributed by atoms with Gasteiger partial charge in [0.1, 0.15) is 5.69 Å². The van der Waals surface area contributed by atoms with Gasteiger partial charge in [-0.15, -0.1) is 0 Å². The van der Waals surface area contributed by atoms with Gasteiger partial charge in [-0.25, -0.2) is 4.98 Å². The summed E-state index contributed by atoms with van der Waals surface area (Å²) < 4.78 is 0. The molecule has 6 nitrogen and oxygen atoms in total. The first-order valence-electron chi connectivity index (χ1n) is 6.78. The molecule has 1 aromatic carbocycles. The predicted molar refractivity (Wildman–Crippen MR) is 82.3 cm³/mol. The van der Waals surface area contributed by atoms with Gasteiger partial charge in [-0.05, 0) is 19.1 Å². The Hall–Kier alpha value is -2.63. The van der Waals surface area contributed by atoms with E-state index in [0.717, 1.165) is 16.6 Å². The van der Waals surface area contributed by atoms with Gasteiger partial charge in [-0.3, -0.25) is 9.59 Å². The first-order valence-corrected chi connectivity index (χ1v) is 6.78. The van der Waals surface area contributed by atoms with Crippen LogP contribution in [0.1, 0.15) is 17.4 Å². The molecule has 21 heavy (non-hydrogen) atoms. The lowest BCUT2D eigenvalue weighted by molar-refractivity contribution is -0.120. The van der Waals surface area contributed by atoms with E-state index in [9.17, 15) is 9.59 Å². The molecular formula is C15H18N4O2. The van der Waals surface area contributed by atoms with Gasteiger partial charge in [-0.1, -0.05) is 18.2 Å². The lowest BCUT2D eigenvalue weighted by Gasteiger charge is -2.09. The maximum absolute atomic E-state index is 12.1. The van der Waals surface area contributed by atoms with Crippen molar-refractivity contribution in [3.8, 4) is 0 Å². The van der Waals surface area contributed by atoms with Crippen molar-refractivity contribution in [3.63, 3.8) is 0 Å². The van der Waals surface area contributed by atoms with Gasteiger partial charge in [0.15, 0.2) is 0 Å². The molecule has 1 aromatic heterocycles. The van der Waals surface area contributed by atoms with Crippen molar-refractivity contribution in [2.45, 2.75) is 6.92 Å². The standard InChI is InChI=1S/C15H18N4O2/c1-3-17-14(20)9-18-15(21)13-8-12(16-2)10-6-4-5-7-11(10)19-13/h4-8H,3,9H2,1-2H3,(H,16,19)(H,17,20)(H,18,21). The molecule has 6 heteroatoms.